The van der Waals surface area contributed by atoms with Gasteiger partial charge in [0.25, 0.3) is 0 Å². The Labute approximate surface area is 118 Å². The van der Waals surface area contributed by atoms with Crippen molar-refractivity contribution in [2.45, 2.75) is 26.7 Å². The van der Waals surface area contributed by atoms with E-state index in [2.05, 4.69) is 15.7 Å². The Bertz CT molecular complexity index is 472. The lowest BCUT2D eigenvalue weighted by atomic mass is 9.88. The van der Waals surface area contributed by atoms with Gasteiger partial charge in [0.2, 0.25) is 0 Å². The van der Waals surface area contributed by atoms with Gasteiger partial charge in [-0.15, -0.1) is 0 Å². The molecule has 0 bridgehead atoms. The average Bonchev–Trinajstić information content (AvgIpc) is 2.81. The monoisotopic (exact) mass is 282 g/mol. The molecule has 1 rings (SSSR count). The first-order chi connectivity index (χ1) is 9.37. The number of aryl methyl sites for hydroxylation is 1. The predicted octanol–water partition coefficient (Wildman–Crippen LogP) is 0.763. The SMILES string of the molecule is CCC(C)(CNC(=O)NCCc1cnn(C)c1)C(=O)O. The third-order valence-corrected chi connectivity index (χ3v) is 3.39. The van der Waals surface area contributed by atoms with Crippen LogP contribution in [0.25, 0.3) is 0 Å². The molecule has 1 heterocycles. The van der Waals surface area contributed by atoms with Gasteiger partial charge in [-0.05, 0) is 25.3 Å². The second-order valence-electron chi connectivity index (χ2n) is 5.10. The number of carbonyl (C=O) groups is 2. The van der Waals surface area contributed by atoms with Gasteiger partial charge >= 0.3 is 12.0 Å². The first-order valence-corrected chi connectivity index (χ1v) is 6.60. The molecule has 20 heavy (non-hydrogen) atoms. The molecule has 0 radical (unpaired) electrons. The number of amides is 2. The zero-order valence-corrected chi connectivity index (χ0v) is 12.1. The highest BCUT2D eigenvalue weighted by atomic mass is 16.4. The molecule has 0 fully saturated rings. The molecule has 0 aliphatic rings. The van der Waals surface area contributed by atoms with E-state index in [-0.39, 0.29) is 12.6 Å². The summed E-state index contributed by atoms with van der Waals surface area (Å²) in [5, 5.41) is 18.4. The highest BCUT2D eigenvalue weighted by molar-refractivity contribution is 5.77. The van der Waals surface area contributed by atoms with Gasteiger partial charge in [-0.1, -0.05) is 6.92 Å². The van der Waals surface area contributed by atoms with Crippen molar-refractivity contribution < 1.29 is 14.7 Å². The molecule has 3 N–H and O–H groups in total. The highest BCUT2D eigenvalue weighted by Gasteiger charge is 2.31. The van der Waals surface area contributed by atoms with Crippen molar-refractivity contribution in [3.63, 3.8) is 0 Å². The molecule has 112 valence electrons. The maximum absolute atomic E-state index is 11.6. The van der Waals surface area contributed by atoms with Crippen LogP contribution in [-0.2, 0) is 18.3 Å². The minimum Gasteiger partial charge on any atom is -0.481 e. The molecule has 0 saturated heterocycles. The van der Waals surface area contributed by atoms with Crippen LogP contribution >= 0.6 is 0 Å². The van der Waals surface area contributed by atoms with Gasteiger partial charge in [-0.2, -0.15) is 5.10 Å². The molecule has 1 aromatic rings. The molecule has 1 aromatic heterocycles. The summed E-state index contributed by atoms with van der Waals surface area (Å²) in [7, 11) is 1.83. The topological polar surface area (TPSA) is 96.3 Å². The van der Waals surface area contributed by atoms with Gasteiger partial charge in [-0.3, -0.25) is 9.48 Å². The largest absolute Gasteiger partial charge is 0.481 e. The second kappa shape index (κ2) is 6.93. The molecule has 0 spiro atoms. The van der Waals surface area contributed by atoms with Crippen molar-refractivity contribution in [3.8, 4) is 0 Å². The van der Waals surface area contributed by atoms with Crippen molar-refractivity contribution in [1.29, 1.82) is 0 Å². The number of nitrogens with one attached hydrogen (secondary N) is 2. The number of carboxylic acids is 1. The summed E-state index contributed by atoms with van der Waals surface area (Å²) in [5.41, 5.74) is 0.109. The van der Waals surface area contributed by atoms with Gasteiger partial charge in [0.05, 0.1) is 11.6 Å². The van der Waals surface area contributed by atoms with Crippen LogP contribution in [0.15, 0.2) is 12.4 Å². The molecule has 7 nitrogen and oxygen atoms in total. The van der Waals surface area contributed by atoms with E-state index < -0.39 is 11.4 Å². The minimum absolute atomic E-state index is 0.109. The zero-order valence-electron chi connectivity index (χ0n) is 12.1. The van der Waals surface area contributed by atoms with Gasteiger partial charge in [0, 0.05) is 26.3 Å². The Morgan fingerprint density at radius 3 is 2.65 bits per heavy atom. The number of carbonyl (C=O) groups excluding carboxylic acids is 1. The lowest BCUT2D eigenvalue weighted by Crippen LogP contribution is -2.45. The summed E-state index contributed by atoms with van der Waals surface area (Å²) < 4.78 is 1.70. The fourth-order valence-electron chi connectivity index (χ4n) is 1.61. The molecule has 0 aliphatic heterocycles. The fraction of sp³-hybridized carbons (Fsp3) is 0.615. The zero-order chi connectivity index (χ0) is 15.2. The third kappa shape index (κ3) is 4.56. The minimum atomic E-state index is -0.930. The van der Waals surface area contributed by atoms with Crippen molar-refractivity contribution >= 4 is 12.0 Å². The Hall–Kier alpha value is -2.05. The van der Waals surface area contributed by atoms with Crippen LogP contribution in [0.5, 0.6) is 0 Å². The quantitative estimate of drug-likeness (QED) is 0.688. The first-order valence-electron chi connectivity index (χ1n) is 6.60. The first kappa shape index (κ1) is 16.0. The van der Waals surface area contributed by atoms with E-state index in [4.69, 9.17) is 5.11 Å². The molecular weight excluding hydrogens is 260 g/mol. The Morgan fingerprint density at radius 1 is 1.45 bits per heavy atom. The highest BCUT2D eigenvalue weighted by Crippen LogP contribution is 2.19. The van der Waals surface area contributed by atoms with Gasteiger partial charge in [0.1, 0.15) is 0 Å². The van der Waals surface area contributed by atoms with E-state index in [1.54, 1.807) is 24.7 Å². The second-order valence-corrected chi connectivity index (χ2v) is 5.10. The number of rotatable bonds is 7. The van der Waals surface area contributed by atoms with E-state index in [0.29, 0.717) is 19.4 Å². The van der Waals surface area contributed by atoms with Crippen LogP contribution < -0.4 is 10.6 Å². The lowest BCUT2D eigenvalue weighted by Gasteiger charge is -2.23. The van der Waals surface area contributed by atoms with Crippen molar-refractivity contribution in [3.05, 3.63) is 18.0 Å². The van der Waals surface area contributed by atoms with Crippen LogP contribution in [0, 0.1) is 5.41 Å². The van der Waals surface area contributed by atoms with Crippen LogP contribution in [0.3, 0.4) is 0 Å². The maximum atomic E-state index is 11.6. The summed E-state index contributed by atoms with van der Waals surface area (Å²) in [6.45, 7) is 3.99. The number of hydrogen-bond donors (Lipinski definition) is 3. The maximum Gasteiger partial charge on any atom is 0.314 e. The molecule has 2 amide bonds. The average molecular weight is 282 g/mol. The van der Waals surface area contributed by atoms with E-state index in [1.165, 1.54) is 0 Å². The molecule has 0 saturated carbocycles. The number of aromatic nitrogens is 2. The number of nitrogens with zero attached hydrogens (tertiary/aromatic N) is 2. The number of hydrogen-bond acceptors (Lipinski definition) is 3. The molecule has 1 atom stereocenters. The summed E-state index contributed by atoms with van der Waals surface area (Å²) in [5.74, 6) is -0.907. The molecular formula is C13H22N4O3. The van der Waals surface area contributed by atoms with Crippen LogP contribution in [0.1, 0.15) is 25.8 Å². The van der Waals surface area contributed by atoms with Crippen molar-refractivity contribution in [2.24, 2.45) is 12.5 Å². The standard InChI is InChI=1S/C13H22N4O3/c1-4-13(2,11(18)19)9-15-12(20)14-6-5-10-7-16-17(3)8-10/h7-8H,4-6,9H2,1-3H3,(H,18,19)(H2,14,15,20). The van der Waals surface area contributed by atoms with E-state index in [9.17, 15) is 9.59 Å². The van der Waals surface area contributed by atoms with E-state index >= 15 is 0 Å². The Balaban J connectivity index is 2.28. The summed E-state index contributed by atoms with van der Waals surface area (Å²) in [6.07, 6.45) is 4.78. The van der Waals surface area contributed by atoms with Crippen molar-refractivity contribution in [2.75, 3.05) is 13.1 Å². The Kier molecular flexibility index (Phi) is 5.54. The van der Waals surface area contributed by atoms with Crippen molar-refractivity contribution in [1.82, 2.24) is 20.4 Å². The lowest BCUT2D eigenvalue weighted by molar-refractivity contribution is -0.147. The Morgan fingerprint density at radius 2 is 2.15 bits per heavy atom. The number of carboxylic acid groups (broad SMARTS) is 1. The van der Waals surface area contributed by atoms with Crippen LogP contribution in [-0.4, -0.2) is 40.0 Å². The van der Waals surface area contributed by atoms with Crippen LogP contribution in [0.2, 0.25) is 0 Å². The van der Waals surface area contributed by atoms with E-state index in [1.807, 2.05) is 13.2 Å². The number of urea groups is 1. The predicted molar refractivity (Wildman–Crippen MR) is 74.3 cm³/mol. The number of aliphatic carboxylic acids is 1. The summed E-state index contributed by atoms with van der Waals surface area (Å²) in [6, 6.07) is -0.352. The van der Waals surface area contributed by atoms with Gasteiger partial charge in [0.15, 0.2) is 0 Å². The molecule has 7 heteroatoms. The van der Waals surface area contributed by atoms with E-state index in [0.717, 1.165) is 5.56 Å². The summed E-state index contributed by atoms with van der Waals surface area (Å²) >= 11 is 0. The smallest absolute Gasteiger partial charge is 0.314 e. The molecule has 1 unspecified atom stereocenters. The third-order valence-electron chi connectivity index (χ3n) is 3.39. The van der Waals surface area contributed by atoms with Gasteiger partial charge in [-0.25, -0.2) is 4.79 Å². The normalized spacial score (nSPS) is 13.6. The molecule has 0 aliphatic carbocycles. The fourth-order valence-corrected chi connectivity index (χ4v) is 1.61. The molecule has 0 aromatic carbocycles. The van der Waals surface area contributed by atoms with Crippen LogP contribution in [0.4, 0.5) is 4.79 Å². The van der Waals surface area contributed by atoms with Gasteiger partial charge < -0.3 is 15.7 Å². The summed E-state index contributed by atoms with van der Waals surface area (Å²) in [4.78, 5) is 22.7.